The number of hydrogen-bond acceptors (Lipinski definition) is 5. The van der Waals surface area contributed by atoms with Gasteiger partial charge in [-0.05, 0) is 34.9 Å². The summed E-state index contributed by atoms with van der Waals surface area (Å²) >= 11 is 6.60. The van der Waals surface area contributed by atoms with Crippen LogP contribution in [-0.4, -0.2) is 41.3 Å². The van der Waals surface area contributed by atoms with Gasteiger partial charge < -0.3 is 14.6 Å². The molecule has 5 nitrogen and oxygen atoms in total. The molecular formula is C29H29ClN2O3. The number of ether oxygens (including phenoxy) is 2. The van der Waals surface area contributed by atoms with Crippen LogP contribution in [0.25, 0.3) is 10.9 Å². The molecule has 1 fully saturated rings. The lowest BCUT2D eigenvalue weighted by Gasteiger charge is -2.26. The van der Waals surface area contributed by atoms with Crippen molar-refractivity contribution in [2.24, 2.45) is 0 Å². The molecule has 6 heteroatoms. The standard InChI is InChI=1S/C29H29ClN2O3/c30-26-17-24(18-27(33)23-10-8-21(9-11-23)19-32-13-15-34-16-14-32)29(28-25(26)7-4-12-31-28)35-20-22-5-2-1-3-6-22/h1-12,17,27,33H,13-16,18-20H2. The van der Waals surface area contributed by atoms with Crippen molar-refractivity contribution in [2.75, 3.05) is 26.3 Å². The minimum Gasteiger partial charge on any atom is -0.486 e. The van der Waals surface area contributed by atoms with Crippen molar-refractivity contribution >= 4 is 22.5 Å². The Morgan fingerprint density at radius 2 is 1.74 bits per heavy atom. The number of hydrogen-bond donors (Lipinski definition) is 1. The Morgan fingerprint density at radius 1 is 0.971 bits per heavy atom. The smallest absolute Gasteiger partial charge is 0.149 e. The first-order valence-corrected chi connectivity index (χ1v) is 12.3. The van der Waals surface area contributed by atoms with Gasteiger partial charge in [-0.2, -0.15) is 0 Å². The summed E-state index contributed by atoms with van der Waals surface area (Å²) in [7, 11) is 0. The van der Waals surface area contributed by atoms with Gasteiger partial charge in [-0.15, -0.1) is 0 Å². The summed E-state index contributed by atoms with van der Waals surface area (Å²) in [6.45, 7) is 4.78. The Kier molecular flexibility index (Phi) is 7.60. The highest BCUT2D eigenvalue weighted by atomic mass is 35.5. The maximum atomic E-state index is 11.1. The highest BCUT2D eigenvalue weighted by molar-refractivity contribution is 6.35. The molecule has 1 unspecified atom stereocenters. The molecule has 1 aliphatic heterocycles. The summed E-state index contributed by atoms with van der Waals surface area (Å²) in [6.07, 6.45) is 1.42. The number of aromatic nitrogens is 1. The van der Waals surface area contributed by atoms with Crippen molar-refractivity contribution in [1.82, 2.24) is 9.88 Å². The van der Waals surface area contributed by atoms with E-state index in [0.717, 1.165) is 54.9 Å². The molecule has 0 aliphatic carbocycles. The SMILES string of the molecule is OC(Cc1cc(Cl)c2cccnc2c1OCc1ccccc1)c1ccc(CN2CCOCC2)cc1. The lowest BCUT2D eigenvalue weighted by molar-refractivity contribution is 0.0342. The summed E-state index contributed by atoms with van der Waals surface area (Å²) in [5.74, 6) is 0.664. The van der Waals surface area contributed by atoms with Crippen LogP contribution < -0.4 is 4.74 Å². The third kappa shape index (κ3) is 5.82. The minimum atomic E-state index is -0.691. The van der Waals surface area contributed by atoms with E-state index in [-0.39, 0.29) is 0 Å². The van der Waals surface area contributed by atoms with Gasteiger partial charge in [-0.3, -0.25) is 9.88 Å². The first kappa shape index (κ1) is 23.8. The van der Waals surface area contributed by atoms with Crippen LogP contribution in [0, 0.1) is 0 Å². The predicted molar refractivity (Wildman–Crippen MR) is 139 cm³/mol. The van der Waals surface area contributed by atoms with E-state index in [1.54, 1.807) is 6.20 Å². The molecule has 1 aromatic heterocycles. The van der Waals surface area contributed by atoms with Crippen molar-refractivity contribution in [1.29, 1.82) is 0 Å². The van der Waals surface area contributed by atoms with Gasteiger partial charge in [0.05, 0.1) is 24.3 Å². The molecule has 3 aromatic carbocycles. The Labute approximate surface area is 210 Å². The second kappa shape index (κ2) is 11.2. The monoisotopic (exact) mass is 488 g/mol. The number of aliphatic hydroxyl groups excluding tert-OH is 1. The fourth-order valence-corrected chi connectivity index (χ4v) is 4.74. The lowest BCUT2D eigenvalue weighted by Crippen LogP contribution is -2.35. The molecule has 1 aliphatic rings. The average Bonchev–Trinajstić information content (AvgIpc) is 2.90. The number of halogens is 1. The largest absolute Gasteiger partial charge is 0.486 e. The maximum Gasteiger partial charge on any atom is 0.149 e. The van der Waals surface area contributed by atoms with Gasteiger partial charge in [0.1, 0.15) is 17.9 Å². The summed E-state index contributed by atoms with van der Waals surface area (Å²) in [5.41, 5.74) is 4.70. The average molecular weight is 489 g/mol. The van der Waals surface area contributed by atoms with Crippen molar-refractivity contribution in [3.05, 3.63) is 106 Å². The fourth-order valence-electron chi connectivity index (χ4n) is 4.46. The van der Waals surface area contributed by atoms with Crippen molar-refractivity contribution in [3.63, 3.8) is 0 Å². The van der Waals surface area contributed by atoms with Crippen LogP contribution in [0.3, 0.4) is 0 Å². The molecule has 2 heterocycles. The van der Waals surface area contributed by atoms with Crippen LogP contribution in [-0.2, 0) is 24.3 Å². The third-order valence-corrected chi connectivity index (χ3v) is 6.70. The van der Waals surface area contributed by atoms with E-state index < -0.39 is 6.10 Å². The second-order valence-electron chi connectivity index (χ2n) is 8.87. The van der Waals surface area contributed by atoms with E-state index in [9.17, 15) is 5.11 Å². The molecule has 1 atom stereocenters. The van der Waals surface area contributed by atoms with Crippen molar-refractivity contribution in [2.45, 2.75) is 25.7 Å². The van der Waals surface area contributed by atoms with Gasteiger partial charge in [-0.25, -0.2) is 0 Å². The van der Waals surface area contributed by atoms with E-state index in [0.29, 0.717) is 29.3 Å². The molecular weight excluding hydrogens is 460 g/mol. The molecule has 0 bridgehead atoms. The molecule has 180 valence electrons. The molecule has 35 heavy (non-hydrogen) atoms. The molecule has 0 radical (unpaired) electrons. The number of pyridine rings is 1. The maximum absolute atomic E-state index is 11.1. The highest BCUT2D eigenvalue weighted by Gasteiger charge is 2.18. The molecule has 0 amide bonds. The highest BCUT2D eigenvalue weighted by Crippen LogP contribution is 2.36. The van der Waals surface area contributed by atoms with Crippen LogP contribution in [0.5, 0.6) is 5.75 Å². The first-order valence-electron chi connectivity index (χ1n) is 12.0. The van der Waals surface area contributed by atoms with Gasteiger partial charge in [0.2, 0.25) is 0 Å². The zero-order chi connectivity index (χ0) is 24.0. The van der Waals surface area contributed by atoms with E-state index >= 15 is 0 Å². The third-order valence-electron chi connectivity index (χ3n) is 6.39. The number of rotatable bonds is 8. The van der Waals surface area contributed by atoms with Gasteiger partial charge in [0, 0.05) is 43.2 Å². The van der Waals surface area contributed by atoms with E-state index in [1.807, 2.05) is 60.7 Å². The molecule has 5 rings (SSSR count). The van der Waals surface area contributed by atoms with Crippen LogP contribution in [0.2, 0.25) is 5.02 Å². The molecule has 1 N–H and O–H groups in total. The second-order valence-corrected chi connectivity index (χ2v) is 9.28. The van der Waals surface area contributed by atoms with Crippen molar-refractivity contribution < 1.29 is 14.6 Å². The number of nitrogens with zero attached hydrogens (tertiary/aromatic N) is 2. The summed E-state index contributed by atoms with van der Waals surface area (Å²) in [5, 5.41) is 12.5. The number of morpholine rings is 1. The van der Waals surface area contributed by atoms with Crippen LogP contribution in [0.1, 0.15) is 28.4 Å². The van der Waals surface area contributed by atoms with E-state index in [2.05, 4.69) is 22.0 Å². The molecule has 4 aromatic rings. The first-order chi connectivity index (χ1) is 17.2. The van der Waals surface area contributed by atoms with Crippen molar-refractivity contribution in [3.8, 4) is 5.75 Å². The number of aliphatic hydroxyl groups is 1. The van der Waals surface area contributed by atoms with Gasteiger partial charge in [0.25, 0.3) is 0 Å². The zero-order valence-electron chi connectivity index (χ0n) is 19.6. The molecule has 1 saturated heterocycles. The Balaban J connectivity index is 1.36. The Hall–Kier alpha value is -2.96. The minimum absolute atomic E-state index is 0.374. The summed E-state index contributed by atoms with van der Waals surface area (Å²) in [4.78, 5) is 6.94. The molecule has 0 spiro atoms. The summed E-state index contributed by atoms with van der Waals surface area (Å²) in [6, 6.07) is 23.9. The van der Waals surface area contributed by atoms with Crippen LogP contribution in [0.4, 0.5) is 0 Å². The topological polar surface area (TPSA) is 54.8 Å². The Morgan fingerprint density at radius 3 is 2.51 bits per heavy atom. The number of benzene rings is 3. The fraction of sp³-hybridized carbons (Fsp3) is 0.276. The van der Waals surface area contributed by atoms with Gasteiger partial charge in [0.15, 0.2) is 0 Å². The lowest BCUT2D eigenvalue weighted by atomic mass is 9.98. The zero-order valence-corrected chi connectivity index (χ0v) is 20.3. The normalized spacial score (nSPS) is 15.3. The van der Waals surface area contributed by atoms with Gasteiger partial charge >= 0.3 is 0 Å². The van der Waals surface area contributed by atoms with E-state index in [1.165, 1.54) is 5.56 Å². The Bertz CT molecular complexity index is 1260. The van der Waals surface area contributed by atoms with Gasteiger partial charge in [-0.1, -0.05) is 66.2 Å². The van der Waals surface area contributed by atoms with Crippen LogP contribution >= 0.6 is 11.6 Å². The quantitative estimate of drug-likeness (QED) is 0.351. The molecule has 0 saturated carbocycles. The summed E-state index contributed by atoms with van der Waals surface area (Å²) < 4.78 is 11.7. The number of fused-ring (bicyclic) bond motifs is 1. The van der Waals surface area contributed by atoms with E-state index in [4.69, 9.17) is 21.1 Å². The van der Waals surface area contributed by atoms with Crippen LogP contribution in [0.15, 0.2) is 79.0 Å². The predicted octanol–water partition coefficient (Wildman–Crippen LogP) is 5.58.